The van der Waals surface area contributed by atoms with Crippen molar-refractivity contribution in [2.75, 3.05) is 0 Å². The molecule has 1 aliphatic carbocycles. The number of rotatable bonds is 7. The van der Waals surface area contributed by atoms with E-state index in [0.717, 1.165) is 23.4 Å². The van der Waals surface area contributed by atoms with Crippen LogP contribution in [-0.4, -0.2) is 33.0 Å². The van der Waals surface area contributed by atoms with Crippen molar-refractivity contribution >= 4 is 23.2 Å². The Labute approximate surface area is 137 Å². The highest BCUT2D eigenvalue weighted by Crippen LogP contribution is 2.33. The van der Waals surface area contributed by atoms with Crippen molar-refractivity contribution in [3.8, 4) is 10.6 Å². The molecule has 0 aromatic carbocycles. The van der Waals surface area contributed by atoms with Gasteiger partial charge in [-0.25, -0.2) is 9.78 Å². The quantitative estimate of drug-likeness (QED) is 0.811. The minimum absolute atomic E-state index is 0.0885. The number of carboxylic acids is 1. The molecule has 1 saturated carbocycles. The van der Waals surface area contributed by atoms with Gasteiger partial charge in [0.15, 0.2) is 0 Å². The van der Waals surface area contributed by atoms with Crippen LogP contribution in [-0.2, 0) is 16.0 Å². The molecule has 6 nitrogen and oxygen atoms in total. The van der Waals surface area contributed by atoms with Crippen molar-refractivity contribution in [2.45, 2.75) is 31.7 Å². The standard InChI is InChI=1S/C16H17N3O3S/c20-14(19-13(16(21)22)6-10-3-4-10)7-12-9-23-15(18-12)11-2-1-5-17-8-11/h1-2,5,8-10,13H,3-4,6-7H2,(H,19,20)(H,21,22). The van der Waals surface area contributed by atoms with Crippen LogP contribution in [0.3, 0.4) is 0 Å². The molecular formula is C16H17N3O3S. The summed E-state index contributed by atoms with van der Waals surface area (Å²) in [6.45, 7) is 0. The average Bonchev–Trinajstić information content (AvgIpc) is 3.24. The maximum absolute atomic E-state index is 12.1. The zero-order valence-corrected chi connectivity index (χ0v) is 13.3. The van der Waals surface area contributed by atoms with Crippen LogP contribution in [0.2, 0.25) is 0 Å². The van der Waals surface area contributed by atoms with Gasteiger partial charge < -0.3 is 10.4 Å². The molecule has 2 N–H and O–H groups in total. The topological polar surface area (TPSA) is 92.2 Å². The van der Waals surface area contributed by atoms with Gasteiger partial charge in [-0.2, -0.15) is 0 Å². The van der Waals surface area contributed by atoms with E-state index in [1.165, 1.54) is 11.3 Å². The fourth-order valence-corrected chi connectivity index (χ4v) is 3.14. The maximum Gasteiger partial charge on any atom is 0.326 e. The molecule has 7 heteroatoms. The van der Waals surface area contributed by atoms with Crippen molar-refractivity contribution in [3.63, 3.8) is 0 Å². The lowest BCUT2D eigenvalue weighted by Gasteiger charge is -2.13. The van der Waals surface area contributed by atoms with Gasteiger partial charge in [-0.1, -0.05) is 12.8 Å². The van der Waals surface area contributed by atoms with E-state index in [-0.39, 0.29) is 12.3 Å². The number of aliphatic carboxylic acids is 1. The first kappa shape index (κ1) is 15.6. The summed E-state index contributed by atoms with van der Waals surface area (Å²) in [4.78, 5) is 31.7. The second-order valence-corrected chi connectivity index (χ2v) is 6.56. The van der Waals surface area contributed by atoms with Crippen LogP contribution in [0.5, 0.6) is 0 Å². The molecule has 3 rings (SSSR count). The Bertz CT molecular complexity index is 698. The molecule has 120 valence electrons. The fraction of sp³-hybridized carbons (Fsp3) is 0.375. The largest absolute Gasteiger partial charge is 0.480 e. The molecule has 2 aromatic rings. The third-order valence-corrected chi connectivity index (χ3v) is 4.64. The molecule has 1 amide bonds. The highest BCUT2D eigenvalue weighted by atomic mass is 32.1. The molecule has 0 aliphatic heterocycles. The van der Waals surface area contributed by atoms with Gasteiger partial charge in [-0.15, -0.1) is 11.3 Å². The second kappa shape index (κ2) is 6.87. The average molecular weight is 331 g/mol. The summed E-state index contributed by atoms with van der Waals surface area (Å²) in [6.07, 6.45) is 6.13. The number of hydrogen-bond acceptors (Lipinski definition) is 5. The summed E-state index contributed by atoms with van der Waals surface area (Å²) in [5, 5.41) is 14.4. The lowest BCUT2D eigenvalue weighted by Crippen LogP contribution is -2.41. The molecule has 0 spiro atoms. The van der Waals surface area contributed by atoms with Crippen LogP contribution in [0.1, 0.15) is 25.0 Å². The first-order valence-corrected chi connectivity index (χ1v) is 8.37. The predicted octanol–water partition coefficient (Wildman–Crippen LogP) is 2.12. The van der Waals surface area contributed by atoms with Crippen LogP contribution in [0.4, 0.5) is 0 Å². The van der Waals surface area contributed by atoms with Crippen molar-refractivity contribution in [2.24, 2.45) is 5.92 Å². The van der Waals surface area contributed by atoms with Crippen molar-refractivity contribution in [3.05, 3.63) is 35.6 Å². The van der Waals surface area contributed by atoms with Gasteiger partial charge in [0, 0.05) is 23.3 Å². The van der Waals surface area contributed by atoms with E-state index in [1.54, 1.807) is 12.4 Å². The predicted molar refractivity (Wildman–Crippen MR) is 86.0 cm³/mol. The van der Waals surface area contributed by atoms with Gasteiger partial charge in [0.25, 0.3) is 0 Å². The number of nitrogens with one attached hydrogen (secondary N) is 1. The van der Waals surface area contributed by atoms with Crippen molar-refractivity contribution < 1.29 is 14.7 Å². The highest BCUT2D eigenvalue weighted by molar-refractivity contribution is 7.13. The van der Waals surface area contributed by atoms with Gasteiger partial charge in [0.05, 0.1) is 12.1 Å². The minimum Gasteiger partial charge on any atom is -0.480 e. The first-order chi connectivity index (χ1) is 11.1. The zero-order chi connectivity index (χ0) is 16.2. The van der Waals surface area contributed by atoms with Crippen LogP contribution in [0.15, 0.2) is 29.9 Å². The van der Waals surface area contributed by atoms with Crippen molar-refractivity contribution in [1.82, 2.24) is 15.3 Å². The monoisotopic (exact) mass is 331 g/mol. The van der Waals surface area contributed by atoms with E-state index in [0.29, 0.717) is 18.0 Å². The summed E-state index contributed by atoms with van der Waals surface area (Å²) in [5.74, 6) is -0.839. The third kappa shape index (κ3) is 4.35. The Morgan fingerprint density at radius 2 is 2.26 bits per heavy atom. The Balaban J connectivity index is 1.59. The van der Waals surface area contributed by atoms with E-state index in [2.05, 4.69) is 15.3 Å². The molecule has 1 fully saturated rings. The summed E-state index contributed by atoms with van der Waals surface area (Å²) in [7, 11) is 0. The number of thiazole rings is 1. The summed E-state index contributed by atoms with van der Waals surface area (Å²) in [6, 6.07) is 2.94. The molecule has 0 bridgehead atoms. The molecule has 23 heavy (non-hydrogen) atoms. The number of carbonyl (C=O) groups is 2. The Hall–Kier alpha value is -2.28. The van der Waals surface area contributed by atoms with Crippen LogP contribution < -0.4 is 5.32 Å². The Morgan fingerprint density at radius 3 is 2.91 bits per heavy atom. The number of hydrogen-bond donors (Lipinski definition) is 2. The number of carbonyl (C=O) groups excluding carboxylic acids is 1. The molecule has 1 aliphatic rings. The van der Waals surface area contributed by atoms with Gasteiger partial charge in [-0.05, 0) is 24.5 Å². The normalized spacial score (nSPS) is 15.1. The first-order valence-electron chi connectivity index (χ1n) is 7.49. The smallest absolute Gasteiger partial charge is 0.326 e. The lowest BCUT2D eigenvalue weighted by molar-refractivity contribution is -0.142. The molecule has 1 atom stereocenters. The van der Waals surface area contributed by atoms with E-state index < -0.39 is 12.0 Å². The second-order valence-electron chi connectivity index (χ2n) is 5.70. The Kier molecular flexibility index (Phi) is 4.66. The van der Waals surface area contributed by atoms with Crippen LogP contribution in [0, 0.1) is 5.92 Å². The zero-order valence-electron chi connectivity index (χ0n) is 12.4. The SMILES string of the molecule is O=C(Cc1csc(-c2cccnc2)n1)NC(CC1CC1)C(=O)O. The number of nitrogens with zero attached hydrogens (tertiary/aromatic N) is 2. The van der Waals surface area contributed by atoms with Crippen LogP contribution in [0.25, 0.3) is 10.6 Å². The van der Waals surface area contributed by atoms with Gasteiger partial charge in [0.1, 0.15) is 11.0 Å². The minimum atomic E-state index is -0.973. The molecule has 0 radical (unpaired) electrons. The molecule has 2 aromatic heterocycles. The maximum atomic E-state index is 12.1. The molecule has 0 saturated heterocycles. The summed E-state index contributed by atoms with van der Waals surface area (Å²) in [5.41, 5.74) is 1.54. The molecular weight excluding hydrogens is 314 g/mol. The van der Waals surface area contributed by atoms with E-state index in [4.69, 9.17) is 0 Å². The number of carboxylic acid groups (broad SMARTS) is 1. The van der Waals surface area contributed by atoms with E-state index >= 15 is 0 Å². The summed E-state index contributed by atoms with van der Waals surface area (Å²) >= 11 is 1.44. The van der Waals surface area contributed by atoms with Gasteiger partial charge >= 0.3 is 5.97 Å². The van der Waals surface area contributed by atoms with Gasteiger partial charge in [-0.3, -0.25) is 9.78 Å². The lowest BCUT2D eigenvalue weighted by atomic mass is 10.1. The molecule has 1 unspecified atom stereocenters. The number of aromatic nitrogens is 2. The molecule has 2 heterocycles. The summed E-state index contributed by atoms with van der Waals surface area (Å²) < 4.78 is 0. The number of amides is 1. The fourth-order valence-electron chi connectivity index (χ4n) is 2.33. The van der Waals surface area contributed by atoms with Gasteiger partial charge in [0.2, 0.25) is 5.91 Å². The number of pyridine rings is 1. The van der Waals surface area contributed by atoms with Crippen molar-refractivity contribution in [1.29, 1.82) is 0 Å². The Morgan fingerprint density at radius 1 is 1.43 bits per heavy atom. The van der Waals surface area contributed by atoms with E-state index in [1.807, 2.05) is 17.5 Å². The van der Waals surface area contributed by atoms with E-state index in [9.17, 15) is 14.7 Å². The highest BCUT2D eigenvalue weighted by Gasteiger charge is 2.30. The third-order valence-electron chi connectivity index (χ3n) is 3.70. The van der Waals surface area contributed by atoms with Crippen LogP contribution >= 0.6 is 11.3 Å².